The van der Waals surface area contributed by atoms with Gasteiger partial charge >= 0.3 is 0 Å². The number of aromatic nitrogens is 1. The van der Waals surface area contributed by atoms with Gasteiger partial charge in [0.25, 0.3) is 11.5 Å². The molecule has 27 heavy (non-hydrogen) atoms. The van der Waals surface area contributed by atoms with Gasteiger partial charge in [-0.1, -0.05) is 41.9 Å². The third-order valence-electron chi connectivity index (χ3n) is 4.12. The van der Waals surface area contributed by atoms with E-state index < -0.39 is 11.5 Å². The first-order valence-corrected chi connectivity index (χ1v) is 9.87. The highest BCUT2D eigenvalue weighted by Gasteiger charge is 2.23. The van der Waals surface area contributed by atoms with Gasteiger partial charge in [0.15, 0.2) is 0 Å². The minimum absolute atomic E-state index is 0.198. The largest absolute Gasteiger partial charge is 0.506 e. The van der Waals surface area contributed by atoms with Crippen molar-refractivity contribution in [2.75, 3.05) is 5.32 Å². The molecular formula is C20H20BrN2O3P. The van der Waals surface area contributed by atoms with Crippen LogP contribution < -0.4 is 16.2 Å². The molecule has 3 rings (SSSR count). The van der Waals surface area contributed by atoms with Crippen molar-refractivity contribution in [1.82, 2.24) is 4.57 Å². The minimum Gasteiger partial charge on any atom is -0.506 e. The molecular weight excluding hydrogens is 427 g/mol. The molecule has 2 aromatic carbocycles. The monoisotopic (exact) mass is 446 g/mol. The first kappa shape index (κ1) is 19.6. The van der Waals surface area contributed by atoms with E-state index in [1.807, 2.05) is 26.0 Å². The van der Waals surface area contributed by atoms with Crippen molar-refractivity contribution in [3.05, 3.63) is 62.9 Å². The molecule has 1 amide bonds. The number of rotatable bonds is 4. The molecule has 0 saturated heterocycles. The van der Waals surface area contributed by atoms with Crippen molar-refractivity contribution in [1.29, 1.82) is 0 Å². The molecule has 1 atom stereocenters. The molecule has 7 heteroatoms. The standard InChI is InChI=1S/C20H20BrN2O3P/c1-11(2)10-23-16-7-6-12(21)8-15(16)18(24)17(20(23)26)19(25)22-13-4-3-5-14(27)9-13/h3-9,11,24H,10,27H2,1-2H3,(H,22,25). The van der Waals surface area contributed by atoms with Crippen molar-refractivity contribution in [3.8, 4) is 5.75 Å². The number of hydrogen-bond donors (Lipinski definition) is 2. The zero-order valence-electron chi connectivity index (χ0n) is 15.0. The van der Waals surface area contributed by atoms with E-state index in [1.165, 1.54) is 0 Å². The summed E-state index contributed by atoms with van der Waals surface area (Å²) in [5, 5.41) is 14.8. The van der Waals surface area contributed by atoms with Gasteiger partial charge in [0.2, 0.25) is 0 Å². The van der Waals surface area contributed by atoms with E-state index in [9.17, 15) is 14.7 Å². The number of nitrogens with zero attached hydrogens (tertiary/aromatic N) is 1. The number of carbonyl (C=O) groups excluding carboxylic acids is 1. The van der Waals surface area contributed by atoms with Gasteiger partial charge in [-0.3, -0.25) is 9.59 Å². The highest BCUT2D eigenvalue weighted by molar-refractivity contribution is 9.10. The lowest BCUT2D eigenvalue weighted by Gasteiger charge is -2.17. The summed E-state index contributed by atoms with van der Waals surface area (Å²) in [7, 11) is 2.55. The highest BCUT2D eigenvalue weighted by atomic mass is 79.9. The molecule has 1 unspecified atom stereocenters. The summed E-state index contributed by atoms with van der Waals surface area (Å²) >= 11 is 3.38. The number of nitrogens with one attached hydrogen (secondary N) is 1. The molecule has 5 nitrogen and oxygen atoms in total. The maximum Gasteiger partial charge on any atom is 0.267 e. The molecule has 1 heterocycles. The highest BCUT2D eigenvalue weighted by Crippen LogP contribution is 2.30. The van der Waals surface area contributed by atoms with E-state index >= 15 is 0 Å². The number of anilines is 1. The molecule has 0 aliphatic heterocycles. The average molecular weight is 447 g/mol. The van der Waals surface area contributed by atoms with Crippen LogP contribution in [0.1, 0.15) is 24.2 Å². The molecule has 140 valence electrons. The summed E-state index contributed by atoms with van der Waals surface area (Å²) < 4.78 is 2.30. The van der Waals surface area contributed by atoms with Gasteiger partial charge in [-0.2, -0.15) is 0 Å². The van der Waals surface area contributed by atoms with Crippen LogP contribution in [-0.2, 0) is 6.54 Å². The van der Waals surface area contributed by atoms with Crippen LogP contribution in [0, 0.1) is 5.92 Å². The Balaban J connectivity index is 2.19. The molecule has 0 aliphatic carbocycles. The Morgan fingerprint density at radius 1 is 1.26 bits per heavy atom. The van der Waals surface area contributed by atoms with Gasteiger partial charge in [-0.15, -0.1) is 9.24 Å². The number of pyridine rings is 1. The van der Waals surface area contributed by atoms with Gasteiger partial charge < -0.3 is 15.0 Å². The van der Waals surface area contributed by atoms with E-state index in [4.69, 9.17) is 0 Å². The molecule has 3 aromatic rings. The predicted octanol–water partition coefficient (Wildman–Crippen LogP) is 3.88. The smallest absolute Gasteiger partial charge is 0.267 e. The molecule has 0 radical (unpaired) electrons. The lowest BCUT2D eigenvalue weighted by atomic mass is 10.1. The Bertz CT molecular complexity index is 1090. The van der Waals surface area contributed by atoms with Crippen LogP contribution in [0.25, 0.3) is 10.9 Å². The molecule has 2 N–H and O–H groups in total. The summed E-state index contributed by atoms with van der Waals surface area (Å²) in [4.78, 5) is 25.9. The maximum atomic E-state index is 13.0. The summed E-state index contributed by atoms with van der Waals surface area (Å²) in [6.45, 7) is 4.43. The molecule has 0 spiro atoms. The Morgan fingerprint density at radius 2 is 2.00 bits per heavy atom. The maximum absolute atomic E-state index is 13.0. The number of amides is 1. The lowest BCUT2D eigenvalue weighted by molar-refractivity contribution is 0.102. The number of halogens is 1. The fraction of sp³-hybridized carbons (Fsp3) is 0.200. The summed E-state index contributed by atoms with van der Waals surface area (Å²) in [6, 6.07) is 12.5. The van der Waals surface area contributed by atoms with Crippen molar-refractivity contribution in [2.24, 2.45) is 5.92 Å². The number of aromatic hydroxyl groups is 1. The number of carbonyl (C=O) groups is 1. The first-order valence-electron chi connectivity index (χ1n) is 8.50. The fourth-order valence-electron chi connectivity index (χ4n) is 2.97. The van der Waals surface area contributed by atoms with Crippen LogP contribution in [0.3, 0.4) is 0 Å². The first-order chi connectivity index (χ1) is 12.8. The van der Waals surface area contributed by atoms with Crippen LogP contribution in [0.5, 0.6) is 5.75 Å². The Kier molecular flexibility index (Phi) is 5.68. The van der Waals surface area contributed by atoms with E-state index in [0.717, 1.165) is 9.78 Å². The fourth-order valence-corrected chi connectivity index (χ4v) is 3.63. The second-order valence-corrected chi connectivity index (χ2v) is 8.36. The molecule has 0 aliphatic rings. The Hall–Kier alpha value is -2.17. The topological polar surface area (TPSA) is 71.3 Å². The average Bonchev–Trinajstić information content (AvgIpc) is 2.58. The van der Waals surface area contributed by atoms with E-state index in [2.05, 4.69) is 30.5 Å². The molecule has 0 saturated carbocycles. The summed E-state index contributed by atoms with van der Waals surface area (Å²) in [5.41, 5.74) is 0.389. The number of fused-ring (bicyclic) bond motifs is 1. The summed E-state index contributed by atoms with van der Waals surface area (Å²) in [5.74, 6) is -0.743. The second kappa shape index (κ2) is 7.83. The van der Waals surface area contributed by atoms with E-state index in [0.29, 0.717) is 23.1 Å². The second-order valence-electron chi connectivity index (χ2n) is 6.77. The summed E-state index contributed by atoms with van der Waals surface area (Å²) in [6.07, 6.45) is 0. The van der Waals surface area contributed by atoms with Crippen molar-refractivity contribution in [2.45, 2.75) is 20.4 Å². The van der Waals surface area contributed by atoms with Gasteiger partial charge in [0.05, 0.1) is 5.52 Å². The van der Waals surface area contributed by atoms with Crippen molar-refractivity contribution in [3.63, 3.8) is 0 Å². The van der Waals surface area contributed by atoms with Crippen molar-refractivity contribution >= 4 is 53.0 Å². The van der Waals surface area contributed by atoms with E-state index in [-0.39, 0.29) is 17.2 Å². The molecule has 0 fully saturated rings. The minimum atomic E-state index is -0.632. The predicted molar refractivity (Wildman–Crippen MR) is 116 cm³/mol. The van der Waals surface area contributed by atoms with Crippen LogP contribution in [-0.4, -0.2) is 15.6 Å². The zero-order valence-corrected chi connectivity index (χ0v) is 17.7. The number of hydrogen-bond acceptors (Lipinski definition) is 3. The van der Waals surface area contributed by atoms with Gasteiger partial charge in [0.1, 0.15) is 11.3 Å². The molecule has 1 aromatic heterocycles. The quantitative estimate of drug-likeness (QED) is 0.597. The Morgan fingerprint density at radius 3 is 2.67 bits per heavy atom. The van der Waals surface area contributed by atoms with Crippen LogP contribution in [0.15, 0.2) is 51.7 Å². The Labute approximate surface area is 167 Å². The van der Waals surface area contributed by atoms with Gasteiger partial charge in [-0.25, -0.2) is 0 Å². The zero-order chi connectivity index (χ0) is 19.7. The number of benzene rings is 2. The normalized spacial score (nSPS) is 11.1. The third kappa shape index (κ3) is 4.07. The van der Waals surface area contributed by atoms with Crippen molar-refractivity contribution < 1.29 is 9.90 Å². The van der Waals surface area contributed by atoms with E-state index in [1.54, 1.807) is 34.9 Å². The van der Waals surface area contributed by atoms with Crippen LogP contribution in [0.2, 0.25) is 0 Å². The lowest BCUT2D eigenvalue weighted by Crippen LogP contribution is -2.31. The van der Waals surface area contributed by atoms with Gasteiger partial charge in [0, 0.05) is 22.1 Å². The SMILES string of the molecule is CC(C)Cn1c(=O)c(C(=O)Nc2cccc(P)c2)c(O)c2cc(Br)ccc21. The van der Waals surface area contributed by atoms with Crippen LogP contribution in [0.4, 0.5) is 5.69 Å². The third-order valence-corrected chi connectivity index (χ3v) is 4.97. The molecule has 0 bridgehead atoms. The van der Waals surface area contributed by atoms with Gasteiger partial charge in [-0.05, 0) is 41.6 Å². The van der Waals surface area contributed by atoms with Crippen LogP contribution >= 0.6 is 25.2 Å².